The SMILES string of the molecule is CC(=O)N(CC(=O)N1CCC(C)CC1)c1ccc(N2CCN(C)CC2)cc1. The average molecular weight is 373 g/mol. The minimum absolute atomic E-state index is 0.0419. The molecule has 0 saturated carbocycles. The van der Waals surface area contributed by atoms with E-state index in [1.165, 1.54) is 12.6 Å². The van der Waals surface area contributed by atoms with Crippen LogP contribution in [0.5, 0.6) is 0 Å². The quantitative estimate of drug-likeness (QED) is 0.812. The molecule has 0 radical (unpaired) electrons. The van der Waals surface area contributed by atoms with Crippen LogP contribution >= 0.6 is 0 Å². The second-order valence-electron chi connectivity index (χ2n) is 7.98. The van der Waals surface area contributed by atoms with E-state index in [9.17, 15) is 9.59 Å². The topological polar surface area (TPSA) is 47.1 Å². The molecular formula is C21H32N4O2. The van der Waals surface area contributed by atoms with E-state index >= 15 is 0 Å². The van der Waals surface area contributed by atoms with Crippen LogP contribution in [0.3, 0.4) is 0 Å². The number of likely N-dealkylation sites (tertiary alicyclic amines) is 1. The van der Waals surface area contributed by atoms with Gasteiger partial charge in [-0.1, -0.05) is 6.92 Å². The molecule has 6 heteroatoms. The maximum Gasteiger partial charge on any atom is 0.242 e. The number of carbonyl (C=O) groups excluding carboxylic acids is 2. The largest absolute Gasteiger partial charge is 0.369 e. The highest BCUT2D eigenvalue weighted by molar-refractivity contribution is 5.97. The first-order valence-electron chi connectivity index (χ1n) is 10.0. The fourth-order valence-electron chi connectivity index (χ4n) is 3.79. The molecule has 2 saturated heterocycles. The Bertz CT molecular complexity index is 645. The summed E-state index contributed by atoms with van der Waals surface area (Å²) < 4.78 is 0. The zero-order valence-corrected chi connectivity index (χ0v) is 16.9. The number of carbonyl (C=O) groups is 2. The van der Waals surface area contributed by atoms with Crippen molar-refractivity contribution in [3.8, 4) is 0 Å². The Morgan fingerprint density at radius 2 is 1.59 bits per heavy atom. The molecule has 0 aliphatic carbocycles. The van der Waals surface area contributed by atoms with Crippen molar-refractivity contribution in [2.24, 2.45) is 5.92 Å². The van der Waals surface area contributed by atoms with Gasteiger partial charge in [0, 0.05) is 57.6 Å². The van der Waals surface area contributed by atoms with Crippen LogP contribution in [0.2, 0.25) is 0 Å². The van der Waals surface area contributed by atoms with Crippen molar-refractivity contribution in [1.82, 2.24) is 9.80 Å². The predicted molar refractivity (Wildman–Crippen MR) is 109 cm³/mol. The maximum absolute atomic E-state index is 12.7. The lowest BCUT2D eigenvalue weighted by Gasteiger charge is -2.34. The van der Waals surface area contributed by atoms with E-state index in [-0.39, 0.29) is 18.4 Å². The molecule has 148 valence electrons. The Morgan fingerprint density at radius 3 is 2.15 bits per heavy atom. The molecule has 1 aromatic carbocycles. The fourth-order valence-corrected chi connectivity index (χ4v) is 3.79. The van der Waals surface area contributed by atoms with E-state index < -0.39 is 0 Å². The predicted octanol–water partition coefficient (Wildman–Crippen LogP) is 2.05. The van der Waals surface area contributed by atoms with Crippen LogP contribution < -0.4 is 9.80 Å². The number of piperazine rings is 1. The van der Waals surface area contributed by atoms with Crippen LogP contribution in [-0.2, 0) is 9.59 Å². The summed E-state index contributed by atoms with van der Waals surface area (Å²) in [6, 6.07) is 8.04. The molecule has 0 bridgehead atoms. The number of benzene rings is 1. The standard InChI is InChI=1S/C21H32N4O2/c1-17-8-10-24(11-9-17)21(27)16-25(18(2)26)20-6-4-19(5-7-20)23-14-12-22(3)13-15-23/h4-7,17H,8-16H2,1-3H3. The first-order chi connectivity index (χ1) is 12.9. The van der Waals surface area contributed by atoms with Gasteiger partial charge in [-0.15, -0.1) is 0 Å². The first kappa shape index (κ1) is 19.7. The third-order valence-electron chi connectivity index (χ3n) is 5.84. The average Bonchev–Trinajstić information content (AvgIpc) is 2.67. The molecule has 0 N–H and O–H groups in total. The van der Waals surface area contributed by atoms with E-state index in [1.54, 1.807) is 4.90 Å². The summed E-state index contributed by atoms with van der Waals surface area (Å²) in [5.41, 5.74) is 1.96. The van der Waals surface area contributed by atoms with E-state index in [0.717, 1.165) is 57.8 Å². The second kappa shape index (κ2) is 8.74. The number of amides is 2. The van der Waals surface area contributed by atoms with Gasteiger partial charge in [0.25, 0.3) is 0 Å². The minimum Gasteiger partial charge on any atom is -0.369 e. The number of anilines is 2. The molecule has 27 heavy (non-hydrogen) atoms. The lowest BCUT2D eigenvalue weighted by atomic mass is 9.99. The van der Waals surface area contributed by atoms with Gasteiger partial charge in [-0.25, -0.2) is 0 Å². The van der Waals surface area contributed by atoms with Gasteiger partial charge < -0.3 is 19.6 Å². The van der Waals surface area contributed by atoms with Gasteiger partial charge in [0.15, 0.2) is 0 Å². The molecule has 2 amide bonds. The molecule has 2 aliphatic rings. The highest BCUT2D eigenvalue weighted by Crippen LogP contribution is 2.23. The van der Waals surface area contributed by atoms with Crippen LogP contribution in [0.25, 0.3) is 0 Å². The molecule has 0 spiro atoms. The molecule has 2 fully saturated rings. The van der Waals surface area contributed by atoms with Crippen molar-refractivity contribution in [3.63, 3.8) is 0 Å². The highest BCUT2D eigenvalue weighted by atomic mass is 16.2. The summed E-state index contributed by atoms with van der Waals surface area (Å²) in [4.78, 5) is 33.0. The molecular weight excluding hydrogens is 340 g/mol. The Morgan fingerprint density at radius 1 is 1.00 bits per heavy atom. The molecule has 0 unspecified atom stereocenters. The van der Waals surface area contributed by atoms with Crippen LogP contribution in [0.15, 0.2) is 24.3 Å². The lowest BCUT2D eigenvalue weighted by molar-refractivity contribution is -0.132. The summed E-state index contributed by atoms with van der Waals surface area (Å²) in [5.74, 6) is 0.626. The van der Waals surface area contributed by atoms with Crippen molar-refractivity contribution in [3.05, 3.63) is 24.3 Å². The second-order valence-corrected chi connectivity index (χ2v) is 7.98. The van der Waals surface area contributed by atoms with Gasteiger partial charge in [-0.2, -0.15) is 0 Å². The molecule has 3 rings (SSSR count). The van der Waals surface area contributed by atoms with Gasteiger partial charge in [-0.3, -0.25) is 9.59 Å². The van der Waals surface area contributed by atoms with Crippen LogP contribution in [0.4, 0.5) is 11.4 Å². The zero-order valence-electron chi connectivity index (χ0n) is 16.9. The molecule has 1 aromatic rings. The monoisotopic (exact) mass is 372 g/mol. The summed E-state index contributed by atoms with van der Waals surface area (Å²) in [7, 11) is 2.14. The minimum atomic E-state index is -0.0962. The van der Waals surface area contributed by atoms with Crippen molar-refractivity contribution in [2.75, 3.05) is 62.7 Å². The Hall–Kier alpha value is -2.08. The van der Waals surface area contributed by atoms with E-state index in [4.69, 9.17) is 0 Å². The molecule has 6 nitrogen and oxygen atoms in total. The summed E-state index contributed by atoms with van der Waals surface area (Å²) in [6.07, 6.45) is 2.09. The van der Waals surface area contributed by atoms with Crippen LogP contribution in [0, 0.1) is 5.92 Å². The van der Waals surface area contributed by atoms with E-state index in [1.807, 2.05) is 17.0 Å². The van der Waals surface area contributed by atoms with Crippen molar-refractivity contribution in [2.45, 2.75) is 26.7 Å². The molecule has 0 atom stereocenters. The van der Waals surface area contributed by atoms with Gasteiger partial charge in [0.1, 0.15) is 6.54 Å². The molecule has 2 heterocycles. The molecule has 0 aromatic heterocycles. The highest BCUT2D eigenvalue weighted by Gasteiger charge is 2.24. The number of likely N-dealkylation sites (N-methyl/N-ethyl adjacent to an activating group) is 1. The lowest BCUT2D eigenvalue weighted by Crippen LogP contribution is -2.45. The number of hydrogen-bond donors (Lipinski definition) is 0. The van der Waals surface area contributed by atoms with Gasteiger partial charge in [-0.05, 0) is 50.1 Å². The van der Waals surface area contributed by atoms with E-state index in [2.05, 4.69) is 35.9 Å². The maximum atomic E-state index is 12.7. The first-order valence-corrected chi connectivity index (χ1v) is 10.0. The van der Waals surface area contributed by atoms with Gasteiger partial charge in [0.05, 0.1) is 0 Å². The summed E-state index contributed by atoms with van der Waals surface area (Å²) in [6.45, 7) is 9.62. The smallest absolute Gasteiger partial charge is 0.242 e. The van der Waals surface area contributed by atoms with Crippen LogP contribution in [-0.4, -0.2) is 74.5 Å². The van der Waals surface area contributed by atoms with Crippen molar-refractivity contribution >= 4 is 23.2 Å². The Balaban J connectivity index is 1.64. The van der Waals surface area contributed by atoms with Crippen molar-refractivity contribution < 1.29 is 9.59 Å². The summed E-state index contributed by atoms with van der Waals surface area (Å²) in [5, 5.41) is 0. The Kier molecular flexibility index (Phi) is 6.37. The third-order valence-corrected chi connectivity index (χ3v) is 5.84. The zero-order chi connectivity index (χ0) is 19.4. The number of rotatable bonds is 4. The van der Waals surface area contributed by atoms with Crippen molar-refractivity contribution in [1.29, 1.82) is 0 Å². The van der Waals surface area contributed by atoms with Gasteiger partial charge in [0.2, 0.25) is 11.8 Å². The Labute approximate surface area is 162 Å². The van der Waals surface area contributed by atoms with Crippen LogP contribution in [0.1, 0.15) is 26.7 Å². The third kappa shape index (κ3) is 5.01. The number of nitrogens with zero attached hydrogens (tertiary/aromatic N) is 4. The summed E-state index contributed by atoms with van der Waals surface area (Å²) >= 11 is 0. The molecule has 2 aliphatic heterocycles. The number of hydrogen-bond acceptors (Lipinski definition) is 4. The normalized spacial score (nSPS) is 19.2. The fraction of sp³-hybridized carbons (Fsp3) is 0.619. The van der Waals surface area contributed by atoms with E-state index in [0.29, 0.717) is 5.92 Å². The van der Waals surface area contributed by atoms with Gasteiger partial charge >= 0.3 is 0 Å². The number of piperidine rings is 1.